The van der Waals surface area contributed by atoms with Gasteiger partial charge in [0.05, 0.1) is 6.42 Å². The maximum absolute atomic E-state index is 11.3. The summed E-state index contributed by atoms with van der Waals surface area (Å²) in [7, 11) is 0. The van der Waals surface area contributed by atoms with Gasteiger partial charge < -0.3 is 0 Å². The first-order valence-electron chi connectivity index (χ1n) is 3.97. The van der Waals surface area contributed by atoms with Crippen LogP contribution >= 0.6 is 0 Å². The van der Waals surface area contributed by atoms with E-state index in [1.807, 2.05) is 0 Å². The number of aromatic nitrogens is 5. The van der Waals surface area contributed by atoms with Crippen LogP contribution in [0.2, 0.25) is 0 Å². The number of nitrogens with zero attached hydrogens (tertiary/aromatic N) is 4. The average molecular weight is 192 g/mol. The number of amides is 1. The van der Waals surface area contributed by atoms with Gasteiger partial charge in [-0.2, -0.15) is 5.10 Å². The van der Waals surface area contributed by atoms with Crippen molar-refractivity contribution in [3.05, 3.63) is 30.6 Å². The van der Waals surface area contributed by atoms with Crippen molar-refractivity contribution in [2.24, 2.45) is 0 Å². The highest BCUT2D eigenvalue weighted by molar-refractivity contribution is 5.85. The fourth-order valence-electron chi connectivity index (χ4n) is 0.998. The number of nitrogens with one attached hydrogen (secondary N) is 2. The molecule has 7 heteroatoms. The number of H-pyrrole nitrogens is 1. The third kappa shape index (κ3) is 1.94. The highest BCUT2D eigenvalue weighted by atomic mass is 16.2. The van der Waals surface area contributed by atoms with E-state index >= 15 is 0 Å². The van der Waals surface area contributed by atoms with E-state index in [4.69, 9.17) is 0 Å². The van der Waals surface area contributed by atoms with Crippen LogP contribution in [0.3, 0.4) is 0 Å². The number of carbonyl (C=O) groups excluding carboxylic acids is 1. The zero-order valence-corrected chi connectivity index (χ0v) is 7.21. The molecule has 0 aromatic carbocycles. The Morgan fingerprint density at radius 3 is 2.93 bits per heavy atom. The first kappa shape index (κ1) is 8.42. The lowest BCUT2D eigenvalue weighted by molar-refractivity contribution is -0.116. The van der Waals surface area contributed by atoms with E-state index in [0.717, 1.165) is 5.69 Å². The summed E-state index contributed by atoms with van der Waals surface area (Å²) in [6.07, 6.45) is 4.66. The van der Waals surface area contributed by atoms with Gasteiger partial charge in [0.2, 0.25) is 5.91 Å². The van der Waals surface area contributed by atoms with E-state index in [1.165, 1.54) is 17.3 Å². The largest absolute Gasteiger partial charge is 0.282 e. The molecule has 0 aliphatic carbocycles. The van der Waals surface area contributed by atoms with Crippen molar-refractivity contribution >= 4 is 5.91 Å². The van der Waals surface area contributed by atoms with Crippen LogP contribution in [-0.2, 0) is 11.2 Å². The van der Waals surface area contributed by atoms with E-state index < -0.39 is 0 Å². The lowest BCUT2D eigenvalue weighted by Crippen LogP contribution is -2.23. The van der Waals surface area contributed by atoms with E-state index in [1.54, 1.807) is 12.3 Å². The fourth-order valence-corrected chi connectivity index (χ4v) is 0.998. The molecule has 0 unspecified atom stereocenters. The van der Waals surface area contributed by atoms with Crippen molar-refractivity contribution in [1.29, 1.82) is 0 Å². The lowest BCUT2D eigenvalue weighted by Gasteiger charge is -2.02. The second kappa shape index (κ2) is 3.69. The van der Waals surface area contributed by atoms with Gasteiger partial charge in [0.15, 0.2) is 0 Å². The molecule has 2 heterocycles. The molecule has 0 saturated heterocycles. The molecule has 0 aliphatic rings. The Morgan fingerprint density at radius 1 is 1.50 bits per heavy atom. The summed E-state index contributed by atoms with van der Waals surface area (Å²) in [5, 5.41) is 13.5. The SMILES string of the molecule is O=C(Cc1ccn[nH]1)Nn1cnnc1. The number of hydrogen-bond acceptors (Lipinski definition) is 4. The first-order chi connectivity index (χ1) is 6.84. The highest BCUT2D eigenvalue weighted by Crippen LogP contribution is 1.93. The van der Waals surface area contributed by atoms with Crippen molar-refractivity contribution in [2.45, 2.75) is 6.42 Å². The van der Waals surface area contributed by atoms with Gasteiger partial charge in [-0.25, -0.2) is 4.68 Å². The van der Waals surface area contributed by atoms with Gasteiger partial charge in [0, 0.05) is 11.9 Å². The lowest BCUT2D eigenvalue weighted by atomic mass is 10.3. The molecule has 2 aromatic heterocycles. The summed E-state index contributed by atoms with van der Waals surface area (Å²) in [5.74, 6) is -0.158. The molecule has 2 N–H and O–H groups in total. The van der Waals surface area contributed by atoms with E-state index in [0.29, 0.717) is 0 Å². The van der Waals surface area contributed by atoms with Gasteiger partial charge in [-0.15, -0.1) is 10.2 Å². The Kier molecular flexibility index (Phi) is 2.22. The standard InChI is InChI=1S/C7H8N6O/c14-7(3-6-1-2-8-11-6)12-13-4-9-10-5-13/h1-2,4-5H,3H2,(H,8,11)(H,12,14). The quantitative estimate of drug-likeness (QED) is 0.674. The second-order valence-electron chi connectivity index (χ2n) is 2.66. The number of hydrogen-bond donors (Lipinski definition) is 2. The summed E-state index contributed by atoms with van der Waals surface area (Å²) >= 11 is 0. The van der Waals surface area contributed by atoms with Crippen LogP contribution in [0.15, 0.2) is 24.9 Å². The summed E-state index contributed by atoms with van der Waals surface area (Å²) in [5.41, 5.74) is 3.32. The molecule has 0 aliphatic heterocycles. The summed E-state index contributed by atoms with van der Waals surface area (Å²) in [6.45, 7) is 0. The van der Waals surface area contributed by atoms with Gasteiger partial charge in [-0.1, -0.05) is 0 Å². The minimum absolute atomic E-state index is 0.158. The molecule has 1 amide bonds. The number of carbonyl (C=O) groups is 1. The zero-order valence-electron chi connectivity index (χ0n) is 7.21. The monoisotopic (exact) mass is 192 g/mol. The molecule has 72 valence electrons. The summed E-state index contributed by atoms with van der Waals surface area (Å²) in [4.78, 5) is 11.3. The van der Waals surface area contributed by atoms with Gasteiger partial charge in [-0.3, -0.25) is 15.3 Å². The van der Waals surface area contributed by atoms with Crippen LogP contribution in [0.5, 0.6) is 0 Å². The Hall–Kier alpha value is -2.18. The minimum atomic E-state index is -0.158. The van der Waals surface area contributed by atoms with Gasteiger partial charge >= 0.3 is 0 Å². The van der Waals surface area contributed by atoms with Gasteiger partial charge in [-0.05, 0) is 6.07 Å². The molecule has 7 nitrogen and oxygen atoms in total. The van der Waals surface area contributed by atoms with Crippen LogP contribution in [0.25, 0.3) is 0 Å². The average Bonchev–Trinajstić information content (AvgIpc) is 2.76. The van der Waals surface area contributed by atoms with Crippen molar-refractivity contribution in [2.75, 3.05) is 5.43 Å². The van der Waals surface area contributed by atoms with E-state index in [-0.39, 0.29) is 12.3 Å². The van der Waals surface area contributed by atoms with E-state index in [2.05, 4.69) is 25.8 Å². The third-order valence-corrected chi connectivity index (χ3v) is 1.58. The number of rotatable bonds is 3. The maximum atomic E-state index is 11.3. The Labute approximate surface area is 79.1 Å². The molecular weight excluding hydrogens is 184 g/mol. The Balaban J connectivity index is 1.91. The molecule has 14 heavy (non-hydrogen) atoms. The molecule has 2 rings (SSSR count). The van der Waals surface area contributed by atoms with Crippen LogP contribution in [0, 0.1) is 0 Å². The van der Waals surface area contributed by atoms with Crippen molar-refractivity contribution in [3.8, 4) is 0 Å². The van der Waals surface area contributed by atoms with E-state index in [9.17, 15) is 4.79 Å². The third-order valence-electron chi connectivity index (χ3n) is 1.58. The smallest absolute Gasteiger partial charge is 0.244 e. The van der Waals surface area contributed by atoms with Crippen LogP contribution in [-0.4, -0.2) is 31.0 Å². The topological polar surface area (TPSA) is 88.5 Å². The molecule has 0 spiro atoms. The Morgan fingerprint density at radius 2 is 2.29 bits per heavy atom. The van der Waals surface area contributed by atoms with Gasteiger partial charge in [0.25, 0.3) is 0 Å². The van der Waals surface area contributed by atoms with Crippen LogP contribution in [0.1, 0.15) is 5.69 Å². The van der Waals surface area contributed by atoms with Crippen molar-refractivity contribution < 1.29 is 4.79 Å². The predicted molar refractivity (Wildman–Crippen MR) is 46.7 cm³/mol. The first-order valence-corrected chi connectivity index (χ1v) is 3.97. The maximum Gasteiger partial charge on any atom is 0.244 e. The van der Waals surface area contributed by atoms with Crippen LogP contribution in [0.4, 0.5) is 0 Å². The molecule has 0 bridgehead atoms. The fraction of sp³-hybridized carbons (Fsp3) is 0.143. The molecule has 0 atom stereocenters. The van der Waals surface area contributed by atoms with Gasteiger partial charge in [0.1, 0.15) is 12.7 Å². The second-order valence-corrected chi connectivity index (χ2v) is 2.66. The highest BCUT2D eigenvalue weighted by Gasteiger charge is 2.03. The molecule has 0 saturated carbocycles. The molecule has 0 fully saturated rings. The Bertz CT molecular complexity index is 354. The van der Waals surface area contributed by atoms with Crippen molar-refractivity contribution in [3.63, 3.8) is 0 Å². The molecular formula is C7H8N6O. The number of aromatic amines is 1. The summed E-state index contributed by atoms with van der Waals surface area (Å²) in [6, 6.07) is 1.74. The molecule has 2 aromatic rings. The van der Waals surface area contributed by atoms with Crippen LogP contribution < -0.4 is 5.43 Å². The predicted octanol–water partition coefficient (Wildman–Crippen LogP) is -0.686. The normalized spacial score (nSPS) is 10.0. The minimum Gasteiger partial charge on any atom is -0.282 e. The summed E-state index contributed by atoms with van der Waals surface area (Å²) < 4.78 is 1.39. The molecule has 0 radical (unpaired) electrons. The zero-order chi connectivity index (χ0) is 9.80. The van der Waals surface area contributed by atoms with Crippen molar-refractivity contribution in [1.82, 2.24) is 25.1 Å².